The Labute approximate surface area is 172 Å². The molecule has 6 nitrogen and oxygen atoms in total. The second-order valence-corrected chi connectivity index (χ2v) is 8.68. The van der Waals surface area contributed by atoms with Gasteiger partial charge in [0.25, 0.3) is 15.9 Å². The average Bonchev–Trinajstić information content (AvgIpc) is 2.68. The highest BCUT2D eigenvalue weighted by atomic mass is 79.9. The summed E-state index contributed by atoms with van der Waals surface area (Å²) in [7, 11) is -3.69. The molecule has 0 saturated heterocycles. The molecule has 0 radical (unpaired) electrons. The first kappa shape index (κ1) is 20.0. The Kier molecular flexibility index (Phi) is 6.11. The fraction of sp³-hybridized carbons (Fsp3) is 0.100. The molecule has 2 aromatic carbocycles. The van der Waals surface area contributed by atoms with Crippen LogP contribution >= 0.6 is 15.9 Å². The van der Waals surface area contributed by atoms with E-state index < -0.39 is 10.0 Å². The van der Waals surface area contributed by atoms with Gasteiger partial charge in [-0.15, -0.1) is 0 Å². The number of rotatable bonds is 6. The summed E-state index contributed by atoms with van der Waals surface area (Å²) in [6, 6.07) is 16.3. The Morgan fingerprint density at radius 2 is 1.71 bits per heavy atom. The lowest BCUT2D eigenvalue weighted by molar-refractivity contribution is 0.0950. The van der Waals surface area contributed by atoms with Gasteiger partial charge in [0, 0.05) is 21.9 Å². The van der Waals surface area contributed by atoms with Crippen molar-refractivity contribution in [2.45, 2.75) is 18.4 Å². The number of aryl methyl sites for hydroxylation is 1. The van der Waals surface area contributed by atoms with Crippen LogP contribution in [-0.4, -0.2) is 19.3 Å². The van der Waals surface area contributed by atoms with Crippen LogP contribution < -0.4 is 10.0 Å². The number of nitrogens with one attached hydrogen (secondary N) is 2. The topological polar surface area (TPSA) is 88.2 Å². The SMILES string of the molecule is Cc1cccnc1CNC(=O)c1ccc(NS(=O)(=O)c2ccc(Br)cc2)cc1. The molecule has 0 bridgehead atoms. The molecule has 0 spiro atoms. The van der Waals surface area contributed by atoms with Gasteiger partial charge in [-0.1, -0.05) is 22.0 Å². The Morgan fingerprint density at radius 1 is 1.04 bits per heavy atom. The zero-order valence-electron chi connectivity index (χ0n) is 15.0. The summed E-state index contributed by atoms with van der Waals surface area (Å²) in [5.41, 5.74) is 2.61. The van der Waals surface area contributed by atoms with Crippen molar-refractivity contribution in [1.29, 1.82) is 0 Å². The fourth-order valence-corrected chi connectivity index (χ4v) is 3.81. The molecule has 144 valence electrons. The monoisotopic (exact) mass is 459 g/mol. The van der Waals surface area contributed by atoms with E-state index in [9.17, 15) is 13.2 Å². The lowest BCUT2D eigenvalue weighted by atomic mass is 10.2. The third-order valence-electron chi connectivity index (χ3n) is 4.06. The second-order valence-electron chi connectivity index (χ2n) is 6.09. The van der Waals surface area contributed by atoms with E-state index in [-0.39, 0.29) is 10.8 Å². The minimum atomic E-state index is -3.69. The fourth-order valence-electron chi connectivity index (χ4n) is 2.49. The lowest BCUT2D eigenvalue weighted by Crippen LogP contribution is -2.23. The normalized spacial score (nSPS) is 11.1. The summed E-state index contributed by atoms with van der Waals surface area (Å²) >= 11 is 3.27. The number of benzene rings is 2. The second kappa shape index (κ2) is 8.53. The minimum absolute atomic E-state index is 0.156. The van der Waals surface area contributed by atoms with Crippen molar-refractivity contribution in [3.8, 4) is 0 Å². The number of pyridine rings is 1. The van der Waals surface area contributed by atoms with Gasteiger partial charge in [-0.3, -0.25) is 14.5 Å². The quantitative estimate of drug-likeness (QED) is 0.585. The zero-order chi connectivity index (χ0) is 20.1. The summed E-state index contributed by atoms with van der Waals surface area (Å²) in [5, 5.41) is 2.81. The van der Waals surface area contributed by atoms with Crippen molar-refractivity contribution in [3.05, 3.63) is 88.2 Å². The van der Waals surface area contributed by atoms with E-state index >= 15 is 0 Å². The Balaban J connectivity index is 1.65. The molecule has 0 saturated carbocycles. The minimum Gasteiger partial charge on any atom is -0.346 e. The predicted octanol–water partition coefficient (Wildman–Crippen LogP) is 3.88. The smallest absolute Gasteiger partial charge is 0.261 e. The van der Waals surface area contributed by atoms with Crippen LogP contribution in [0.5, 0.6) is 0 Å². The first-order valence-electron chi connectivity index (χ1n) is 8.42. The van der Waals surface area contributed by atoms with E-state index in [0.29, 0.717) is 17.8 Å². The highest BCUT2D eigenvalue weighted by Gasteiger charge is 2.14. The molecule has 8 heteroatoms. The van der Waals surface area contributed by atoms with E-state index in [4.69, 9.17) is 0 Å². The molecule has 28 heavy (non-hydrogen) atoms. The first-order chi connectivity index (χ1) is 13.3. The number of hydrogen-bond acceptors (Lipinski definition) is 4. The number of carbonyl (C=O) groups excluding carboxylic acids is 1. The van der Waals surface area contributed by atoms with Gasteiger partial charge in [0.1, 0.15) is 0 Å². The molecule has 2 N–H and O–H groups in total. The summed E-state index contributed by atoms with van der Waals surface area (Å²) in [4.78, 5) is 16.7. The number of nitrogens with zero attached hydrogens (tertiary/aromatic N) is 1. The van der Waals surface area contributed by atoms with Crippen molar-refractivity contribution in [2.24, 2.45) is 0 Å². The third kappa shape index (κ3) is 4.96. The molecular weight excluding hydrogens is 442 g/mol. The molecule has 0 unspecified atom stereocenters. The maximum absolute atomic E-state index is 12.4. The van der Waals surface area contributed by atoms with Gasteiger partial charge in [-0.25, -0.2) is 8.42 Å². The van der Waals surface area contributed by atoms with Crippen LogP contribution in [0.2, 0.25) is 0 Å². The van der Waals surface area contributed by atoms with E-state index in [2.05, 4.69) is 31.0 Å². The van der Waals surface area contributed by atoms with Crippen LogP contribution in [-0.2, 0) is 16.6 Å². The Morgan fingerprint density at radius 3 is 2.36 bits per heavy atom. The van der Waals surface area contributed by atoms with E-state index in [1.165, 1.54) is 12.1 Å². The molecule has 0 atom stereocenters. The molecule has 0 aliphatic carbocycles. The van der Waals surface area contributed by atoms with Crippen molar-refractivity contribution < 1.29 is 13.2 Å². The average molecular weight is 460 g/mol. The number of anilines is 1. The van der Waals surface area contributed by atoms with Gasteiger partial charge < -0.3 is 5.32 Å². The Hall–Kier alpha value is -2.71. The number of sulfonamides is 1. The maximum Gasteiger partial charge on any atom is 0.261 e. The molecule has 0 aliphatic heterocycles. The number of amides is 1. The van der Waals surface area contributed by atoms with Crippen LogP contribution in [0.4, 0.5) is 5.69 Å². The summed E-state index contributed by atoms with van der Waals surface area (Å²) in [6.07, 6.45) is 1.68. The van der Waals surface area contributed by atoms with E-state index in [0.717, 1.165) is 15.7 Å². The van der Waals surface area contributed by atoms with Gasteiger partial charge in [0.05, 0.1) is 17.1 Å². The highest BCUT2D eigenvalue weighted by Crippen LogP contribution is 2.19. The molecule has 3 aromatic rings. The molecule has 1 heterocycles. The molecule has 1 aromatic heterocycles. The van der Waals surface area contributed by atoms with E-state index in [1.54, 1.807) is 42.6 Å². The zero-order valence-corrected chi connectivity index (χ0v) is 17.4. The number of halogens is 1. The van der Waals surface area contributed by atoms with Gasteiger partial charge in [0.15, 0.2) is 0 Å². The molecular formula is C20H18BrN3O3S. The van der Waals surface area contributed by atoms with Gasteiger partial charge in [0.2, 0.25) is 0 Å². The van der Waals surface area contributed by atoms with Crippen molar-refractivity contribution in [2.75, 3.05) is 4.72 Å². The third-order valence-corrected chi connectivity index (χ3v) is 5.98. The van der Waals surface area contributed by atoms with Gasteiger partial charge in [-0.05, 0) is 67.1 Å². The summed E-state index contributed by atoms with van der Waals surface area (Å²) in [5.74, 6) is -0.257. The van der Waals surface area contributed by atoms with Crippen LogP contribution in [0.3, 0.4) is 0 Å². The van der Waals surface area contributed by atoms with E-state index in [1.807, 2.05) is 19.1 Å². The van der Waals surface area contributed by atoms with Crippen LogP contribution in [0.15, 0.2) is 76.2 Å². The largest absolute Gasteiger partial charge is 0.346 e. The van der Waals surface area contributed by atoms with Crippen molar-refractivity contribution in [1.82, 2.24) is 10.3 Å². The summed E-state index contributed by atoms with van der Waals surface area (Å²) in [6.45, 7) is 2.25. The highest BCUT2D eigenvalue weighted by molar-refractivity contribution is 9.10. The van der Waals surface area contributed by atoms with Crippen molar-refractivity contribution in [3.63, 3.8) is 0 Å². The number of hydrogen-bond donors (Lipinski definition) is 2. The Bertz CT molecular complexity index is 1080. The molecule has 0 fully saturated rings. The number of carbonyl (C=O) groups is 1. The maximum atomic E-state index is 12.4. The van der Waals surface area contributed by atoms with Crippen LogP contribution in [0.1, 0.15) is 21.6 Å². The van der Waals surface area contributed by atoms with Crippen LogP contribution in [0, 0.1) is 6.92 Å². The summed E-state index contributed by atoms with van der Waals surface area (Å²) < 4.78 is 28.1. The van der Waals surface area contributed by atoms with Crippen LogP contribution in [0.25, 0.3) is 0 Å². The lowest BCUT2D eigenvalue weighted by Gasteiger charge is -2.10. The molecule has 0 aliphatic rings. The van der Waals surface area contributed by atoms with Gasteiger partial charge in [-0.2, -0.15) is 0 Å². The van der Waals surface area contributed by atoms with Crippen molar-refractivity contribution >= 4 is 37.5 Å². The molecule has 3 rings (SSSR count). The first-order valence-corrected chi connectivity index (χ1v) is 10.7. The van der Waals surface area contributed by atoms with Gasteiger partial charge >= 0.3 is 0 Å². The predicted molar refractivity (Wildman–Crippen MR) is 112 cm³/mol. The standard InChI is InChI=1S/C20H18BrN3O3S/c1-14-3-2-12-22-19(14)13-23-20(25)15-4-8-17(9-5-15)24-28(26,27)18-10-6-16(21)7-11-18/h2-12,24H,13H2,1H3,(H,23,25). The molecule has 1 amide bonds. The number of aromatic nitrogens is 1.